The fourth-order valence-electron chi connectivity index (χ4n) is 1.14. The van der Waals surface area contributed by atoms with E-state index in [1.807, 2.05) is 57.2 Å². The summed E-state index contributed by atoms with van der Waals surface area (Å²) in [5.41, 5.74) is -0.466. The predicted octanol–water partition coefficient (Wildman–Crippen LogP) is 2.95. The zero-order valence-electron chi connectivity index (χ0n) is 9.97. The van der Waals surface area contributed by atoms with Gasteiger partial charge in [-0.3, -0.25) is 4.89 Å². The third kappa shape index (κ3) is 5.51. The molecule has 0 atom stereocenters. The lowest BCUT2D eigenvalue weighted by Crippen LogP contribution is -2.22. The molecule has 0 saturated heterocycles. The van der Waals surface area contributed by atoms with Crippen molar-refractivity contribution in [2.75, 3.05) is 0 Å². The summed E-state index contributed by atoms with van der Waals surface area (Å²) in [4.78, 5) is 21.1. The molecule has 0 unspecified atom stereocenters. The van der Waals surface area contributed by atoms with Crippen molar-refractivity contribution in [3.8, 4) is 0 Å². The maximum absolute atomic E-state index is 11.4. The van der Waals surface area contributed by atoms with Gasteiger partial charge in [0, 0.05) is 5.92 Å². The van der Waals surface area contributed by atoms with Crippen LogP contribution in [0.3, 0.4) is 0 Å². The highest BCUT2D eigenvalue weighted by Gasteiger charge is 2.17. The number of hydrogen-bond donors (Lipinski definition) is 0. The molecule has 1 rings (SSSR count). The molecule has 0 fully saturated rings. The Hall–Kier alpha value is -1.35. The van der Waals surface area contributed by atoms with Gasteiger partial charge in [-0.25, -0.2) is 4.79 Å². The molecule has 0 aromatic heterocycles. The second kappa shape index (κ2) is 5.66. The standard InChI is InChI=1S/C13H18O3/c1-13(2,3)16-15-12(14)10-11-8-6-4-5-7-9-11/h4-9,11H,10H2,1-3H3. The summed E-state index contributed by atoms with van der Waals surface area (Å²) in [5, 5.41) is 0. The van der Waals surface area contributed by atoms with Gasteiger partial charge in [-0.05, 0) is 20.8 Å². The Labute approximate surface area is 96.4 Å². The van der Waals surface area contributed by atoms with E-state index in [0.29, 0.717) is 6.42 Å². The molecule has 3 nitrogen and oxygen atoms in total. The predicted molar refractivity (Wildman–Crippen MR) is 62.5 cm³/mol. The first-order valence-corrected chi connectivity index (χ1v) is 5.37. The van der Waals surface area contributed by atoms with Gasteiger partial charge >= 0.3 is 5.97 Å². The van der Waals surface area contributed by atoms with Gasteiger partial charge in [-0.1, -0.05) is 36.5 Å². The fourth-order valence-corrected chi connectivity index (χ4v) is 1.14. The lowest BCUT2D eigenvalue weighted by molar-refractivity contribution is -0.320. The Kier molecular flexibility index (Phi) is 4.50. The second-order valence-electron chi connectivity index (χ2n) is 4.67. The van der Waals surface area contributed by atoms with Crippen LogP contribution in [0.15, 0.2) is 36.5 Å². The molecule has 88 valence electrons. The molecule has 0 N–H and O–H groups in total. The van der Waals surface area contributed by atoms with Gasteiger partial charge in [0.1, 0.15) is 5.60 Å². The molecule has 0 aromatic carbocycles. The molecule has 0 aromatic rings. The number of rotatable bonds is 3. The normalized spacial score (nSPS) is 16.2. The zero-order chi connectivity index (χ0) is 12.0. The lowest BCUT2D eigenvalue weighted by Gasteiger charge is -2.17. The molecule has 1 aliphatic carbocycles. The van der Waals surface area contributed by atoms with Crippen molar-refractivity contribution in [3.63, 3.8) is 0 Å². The zero-order valence-corrected chi connectivity index (χ0v) is 9.97. The van der Waals surface area contributed by atoms with Gasteiger partial charge in [-0.2, -0.15) is 4.89 Å². The minimum absolute atomic E-state index is 0.0751. The van der Waals surface area contributed by atoms with Crippen LogP contribution in [0.25, 0.3) is 0 Å². The third-order valence-corrected chi connectivity index (χ3v) is 1.84. The highest BCUT2D eigenvalue weighted by molar-refractivity contribution is 5.69. The lowest BCUT2D eigenvalue weighted by atomic mass is 10.1. The van der Waals surface area contributed by atoms with E-state index in [-0.39, 0.29) is 11.9 Å². The van der Waals surface area contributed by atoms with Crippen LogP contribution in [-0.4, -0.2) is 11.6 Å². The van der Waals surface area contributed by atoms with E-state index in [1.165, 1.54) is 0 Å². The van der Waals surface area contributed by atoms with Crippen molar-refractivity contribution in [1.29, 1.82) is 0 Å². The van der Waals surface area contributed by atoms with E-state index < -0.39 is 5.60 Å². The molecule has 0 amide bonds. The Morgan fingerprint density at radius 2 is 1.69 bits per heavy atom. The maximum Gasteiger partial charge on any atom is 0.343 e. The smallest absolute Gasteiger partial charge is 0.298 e. The Bertz CT molecular complexity index is 303. The largest absolute Gasteiger partial charge is 0.343 e. The van der Waals surface area contributed by atoms with Gasteiger partial charge < -0.3 is 0 Å². The van der Waals surface area contributed by atoms with Gasteiger partial charge in [0.2, 0.25) is 0 Å². The first-order valence-electron chi connectivity index (χ1n) is 5.37. The van der Waals surface area contributed by atoms with Crippen LogP contribution in [0.5, 0.6) is 0 Å². The van der Waals surface area contributed by atoms with Crippen LogP contribution in [0.1, 0.15) is 27.2 Å². The van der Waals surface area contributed by atoms with Gasteiger partial charge in [-0.15, -0.1) is 0 Å². The second-order valence-corrected chi connectivity index (χ2v) is 4.67. The van der Waals surface area contributed by atoms with Crippen molar-refractivity contribution in [1.82, 2.24) is 0 Å². The maximum atomic E-state index is 11.4. The monoisotopic (exact) mass is 222 g/mol. The highest BCUT2D eigenvalue weighted by Crippen LogP contribution is 2.13. The van der Waals surface area contributed by atoms with E-state index in [9.17, 15) is 4.79 Å². The van der Waals surface area contributed by atoms with Crippen LogP contribution in [0.4, 0.5) is 0 Å². The summed E-state index contributed by atoms with van der Waals surface area (Å²) >= 11 is 0. The molecule has 0 bridgehead atoms. The van der Waals surface area contributed by atoms with Gasteiger partial charge in [0.05, 0.1) is 6.42 Å². The summed E-state index contributed by atoms with van der Waals surface area (Å²) in [5.74, 6) is -0.276. The molecule has 0 aliphatic heterocycles. The minimum atomic E-state index is -0.466. The topological polar surface area (TPSA) is 35.5 Å². The molecular weight excluding hydrogens is 204 g/mol. The molecule has 3 heteroatoms. The molecule has 1 aliphatic rings. The number of carbonyl (C=O) groups excluding carboxylic acids is 1. The van der Waals surface area contributed by atoms with E-state index >= 15 is 0 Å². The van der Waals surface area contributed by atoms with Crippen LogP contribution < -0.4 is 0 Å². The van der Waals surface area contributed by atoms with E-state index in [1.54, 1.807) is 0 Å². The Morgan fingerprint density at radius 1 is 1.12 bits per heavy atom. The van der Waals surface area contributed by atoms with Gasteiger partial charge in [0.25, 0.3) is 0 Å². The van der Waals surface area contributed by atoms with Crippen LogP contribution in [0.2, 0.25) is 0 Å². The SMILES string of the molecule is CC(C)(C)OOC(=O)CC1C=CC=CC=C1. The summed E-state index contributed by atoms with van der Waals surface area (Å²) in [6.45, 7) is 5.49. The molecule has 16 heavy (non-hydrogen) atoms. The molecule has 0 radical (unpaired) electrons. The van der Waals surface area contributed by atoms with Crippen LogP contribution in [0, 0.1) is 5.92 Å². The van der Waals surface area contributed by atoms with Crippen LogP contribution in [-0.2, 0) is 14.6 Å². The first-order chi connectivity index (χ1) is 7.47. The summed E-state index contributed by atoms with van der Waals surface area (Å²) < 4.78 is 0. The van der Waals surface area contributed by atoms with Crippen molar-refractivity contribution >= 4 is 5.97 Å². The quantitative estimate of drug-likeness (QED) is 0.544. The molecular formula is C13H18O3. The molecule has 0 saturated carbocycles. The summed E-state index contributed by atoms with van der Waals surface area (Å²) in [6, 6.07) is 0. The summed E-state index contributed by atoms with van der Waals surface area (Å²) in [6.07, 6.45) is 11.9. The number of hydrogen-bond acceptors (Lipinski definition) is 3. The minimum Gasteiger partial charge on any atom is -0.298 e. The Morgan fingerprint density at radius 3 is 2.19 bits per heavy atom. The van der Waals surface area contributed by atoms with Crippen molar-refractivity contribution < 1.29 is 14.6 Å². The van der Waals surface area contributed by atoms with Gasteiger partial charge in [0.15, 0.2) is 0 Å². The van der Waals surface area contributed by atoms with E-state index in [4.69, 9.17) is 9.78 Å². The van der Waals surface area contributed by atoms with Crippen LogP contribution >= 0.6 is 0 Å². The van der Waals surface area contributed by atoms with Crippen molar-refractivity contribution in [2.45, 2.75) is 32.8 Å². The fraction of sp³-hybridized carbons (Fsp3) is 0.462. The molecule has 0 heterocycles. The summed E-state index contributed by atoms with van der Waals surface area (Å²) in [7, 11) is 0. The average molecular weight is 222 g/mol. The van der Waals surface area contributed by atoms with E-state index in [0.717, 1.165) is 0 Å². The Balaban J connectivity index is 2.34. The third-order valence-electron chi connectivity index (χ3n) is 1.84. The molecule has 0 spiro atoms. The number of allylic oxidation sites excluding steroid dienone is 6. The van der Waals surface area contributed by atoms with Crippen molar-refractivity contribution in [3.05, 3.63) is 36.5 Å². The highest BCUT2D eigenvalue weighted by atomic mass is 17.2. The average Bonchev–Trinajstić information content (AvgIpc) is 2.42. The van der Waals surface area contributed by atoms with Crippen molar-refractivity contribution in [2.24, 2.45) is 5.92 Å². The number of carbonyl (C=O) groups is 1. The van der Waals surface area contributed by atoms with E-state index in [2.05, 4.69) is 0 Å². The first kappa shape index (κ1) is 12.7.